The van der Waals surface area contributed by atoms with Gasteiger partial charge in [-0.05, 0) is 34.5 Å². The molecule has 0 radical (unpaired) electrons. The number of hydrogen-bond acceptors (Lipinski definition) is 2. The van der Waals surface area contributed by atoms with Crippen LogP contribution in [0.1, 0.15) is 22.8 Å². The quantitative estimate of drug-likeness (QED) is 0.889. The second-order valence-electron chi connectivity index (χ2n) is 3.79. The minimum absolute atomic E-state index is 0.0791. The molecule has 0 aliphatic carbocycles. The van der Waals surface area contributed by atoms with E-state index in [0.717, 1.165) is 15.6 Å². The van der Waals surface area contributed by atoms with Gasteiger partial charge >= 0.3 is 0 Å². The van der Waals surface area contributed by atoms with Crippen LogP contribution < -0.4 is 5.73 Å². The van der Waals surface area contributed by atoms with Crippen molar-refractivity contribution in [3.8, 4) is 0 Å². The van der Waals surface area contributed by atoms with Crippen LogP contribution in [0.5, 0.6) is 0 Å². The molecule has 15 heavy (non-hydrogen) atoms. The van der Waals surface area contributed by atoms with Gasteiger partial charge in [0.2, 0.25) is 0 Å². The highest BCUT2D eigenvalue weighted by atomic mass is 79.9. The van der Waals surface area contributed by atoms with Gasteiger partial charge in [0.15, 0.2) is 0 Å². The van der Waals surface area contributed by atoms with E-state index in [0.29, 0.717) is 13.1 Å². The largest absolute Gasteiger partial charge is 0.330 e. The SMILES string of the molecule is CC(CN)N1Cc2cccc(Br)c2C1=O. The molecule has 4 heteroatoms. The van der Waals surface area contributed by atoms with Gasteiger partial charge in [-0.2, -0.15) is 0 Å². The molecular formula is C11H13BrN2O. The molecular weight excluding hydrogens is 256 g/mol. The summed E-state index contributed by atoms with van der Waals surface area (Å²) in [5, 5.41) is 0. The third-order valence-electron chi connectivity index (χ3n) is 2.79. The van der Waals surface area contributed by atoms with E-state index in [-0.39, 0.29) is 11.9 Å². The Morgan fingerprint density at radius 3 is 2.93 bits per heavy atom. The maximum absolute atomic E-state index is 12.1. The molecule has 2 rings (SSSR count). The fourth-order valence-corrected chi connectivity index (χ4v) is 2.40. The van der Waals surface area contributed by atoms with Gasteiger partial charge in [-0.1, -0.05) is 12.1 Å². The van der Waals surface area contributed by atoms with Crippen molar-refractivity contribution in [1.82, 2.24) is 4.90 Å². The van der Waals surface area contributed by atoms with Crippen LogP contribution in [0.4, 0.5) is 0 Å². The van der Waals surface area contributed by atoms with E-state index in [1.54, 1.807) is 0 Å². The number of rotatable bonds is 2. The molecule has 0 bridgehead atoms. The lowest BCUT2D eigenvalue weighted by Gasteiger charge is -2.22. The summed E-state index contributed by atoms with van der Waals surface area (Å²) >= 11 is 3.41. The molecule has 1 heterocycles. The topological polar surface area (TPSA) is 46.3 Å². The van der Waals surface area contributed by atoms with E-state index in [2.05, 4.69) is 15.9 Å². The summed E-state index contributed by atoms with van der Waals surface area (Å²) < 4.78 is 0.872. The molecule has 1 aliphatic rings. The van der Waals surface area contributed by atoms with E-state index < -0.39 is 0 Å². The van der Waals surface area contributed by atoms with Crippen LogP contribution in [0.15, 0.2) is 22.7 Å². The van der Waals surface area contributed by atoms with Crippen molar-refractivity contribution in [2.24, 2.45) is 5.73 Å². The number of carbonyl (C=O) groups is 1. The summed E-state index contributed by atoms with van der Waals surface area (Å²) in [6.07, 6.45) is 0. The van der Waals surface area contributed by atoms with Gasteiger partial charge in [0.05, 0.1) is 5.56 Å². The molecule has 0 spiro atoms. The van der Waals surface area contributed by atoms with Crippen molar-refractivity contribution in [3.63, 3.8) is 0 Å². The molecule has 1 amide bonds. The molecule has 0 saturated heterocycles. The van der Waals surface area contributed by atoms with Gasteiger partial charge in [-0.15, -0.1) is 0 Å². The van der Waals surface area contributed by atoms with E-state index in [1.807, 2.05) is 30.0 Å². The van der Waals surface area contributed by atoms with Crippen molar-refractivity contribution in [2.45, 2.75) is 19.5 Å². The van der Waals surface area contributed by atoms with E-state index in [1.165, 1.54) is 0 Å². The minimum Gasteiger partial charge on any atom is -0.330 e. The first-order chi connectivity index (χ1) is 7.15. The van der Waals surface area contributed by atoms with Crippen molar-refractivity contribution >= 4 is 21.8 Å². The lowest BCUT2D eigenvalue weighted by molar-refractivity contribution is 0.0722. The van der Waals surface area contributed by atoms with Crippen molar-refractivity contribution in [2.75, 3.05) is 6.54 Å². The molecule has 1 unspecified atom stereocenters. The van der Waals surface area contributed by atoms with Gasteiger partial charge in [0, 0.05) is 23.6 Å². The number of nitrogens with two attached hydrogens (primary N) is 1. The van der Waals surface area contributed by atoms with Gasteiger partial charge in [0.1, 0.15) is 0 Å². The predicted octanol–water partition coefficient (Wildman–Crippen LogP) is 1.75. The Labute approximate surface area is 97.4 Å². The molecule has 2 N–H and O–H groups in total. The predicted molar refractivity (Wildman–Crippen MR) is 62.5 cm³/mol. The molecule has 3 nitrogen and oxygen atoms in total. The Morgan fingerprint density at radius 1 is 1.60 bits per heavy atom. The fraction of sp³-hybridized carbons (Fsp3) is 0.364. The second kappa shape index (κ2) is 3.94. The highest BCUT2D eigenvalue weighted by molar-refractivity contribution is 9.10. The van der Waals surface area contributed by atoms with Gasteiger partial charge in [0.25, 0.3) is 5.91 Å². The summed E-state index contributed by atoms with van der Waals surface area (Å²) in [6, 6.07) is 5.93. The number of carbonyl (C=O) groups excluding carboxylic acids is 1. The maximum Gasteiger partial charge on any atom is 0.255 e. The molecule has 1 atom stereocenters. The Bertz CT molecular complexity index is 406. The fourth-order valence-electron chi connectivity index (χ4n) is 1.82. The number of nitrogens with zero attached hydrogens (tertiary/aromatic N) is 1. The average molecular weight is 269 g/mol. The Morgan fingerprint density at radius 2 is 2.33 bits per heavy atom. The molecule has 1 aromatic rings. The van der Waals surface area contributed by atoms with Crippen molar-refractivity contribution in [3.05, 3.63) is 33.8 Å². The van der Waals surface area contributed by atoms with Crippen LogP contribution in [0.25, 0.3) is 0 Å². The first kappa shape index (κ1) is 10.6. The van der Waals surface area contributed by atoms with Gasteiger partial charge in [-0.3, -0.25) is 4.79 Å². The molecule has 1 aliphatic heterocycles. The average Bonchev–Trinajstić information content (AvgIpc) is 2.56. The Balaban J connectivity index is 2.38. The first-order valence-electron chi connectivity index (χ1n) is 4.93. The van der Waals surface area contributed by atoms with Crippen LogP contribution in [-0.4, -0.2) is 23.4 Å². The van der Waals surface area contributed by atoms with Crippen LogP contribution in [0.2, 0.25) is 0 Å². The van der Waals surface area contributed by atoms with Crippen LogP contribution in [-0.2, 0) is 6.54 Å². The second-order valence-corrected chi connectivity index (χ2v) is 4.65. The first-order valence-corrected chi connectivity index (χ1v) is 5.73. The number of hydrogen-bond donors (Lipinski definition) is 1. The zero-order chi connectivity index (χ0) is 11.0. The van der Waals surface area contributed by atoms with Crippen LogP contribution >= 0.6 is 15.9 Å². The zero-order valence-corrected chi connectivity index (χ0v) is 10.1. The lowest BCUT2D eigenvalue weighted by atomic mass is 10.1. The number of fused-ring (bicyclic) bond motifs is 1. The highest BCUT2D eigenvalue weighted by Crippen LogP contribution is 2.30. The summed E-state index contributed by atoms with van der Waals surface area (Å²) in [7, 11) is 0. The molecule has 1 aromatic carbocycles. The normalized spacial score (nSPS) is 16.7. The molecule has 0 saturated carbocycles. The molecule has 80 valence electrons. The summed E-state index contributed by atoms with van der Waals surface area (Å²) in [5.41, 5.74) is 7.45. The Hall–Kier alpha value is -0.870. The summed E-state index contributed by atoms with van der Waals surface area (Å²) in [4.78, 5) is 13.9. The van der Waals surface area contributed by atoms with Crippen LogP contribution in [0, 0.1) is 0 Å². The minimum atomic E-state index is 0.0791. The van der Waals surface area contributed by atoms with Gasteiger partial charge in [-0.25, -0.2) is 0 Å². The Kier molecular flexibility index (Phi) is 2.80. The highest BCUT2D eigenvalue weighted by Gasteiger charge is 2.31. The monoisotopic (exact) mass is 268 g/mol. The summed E-state index contributed by atoms with van der Waals surface area (Å²) in [5.74, 6) is 0.0791. The third kappa shape index (κ3) is 1.68. The number of halogens is 1. The van der Waals surface area contributed by atoms with Crippen molar-refractivity contribution in [1.29, 1.82) is 0 Å². The zero-order valence-electron chi connectivity index (χ0n) is 8.53. The molecule has 0 aromatic heterocycles. The van der Waals surface area contributed by atoms with E-state index >= 15 is 0 Å². The van der Waals surface area contributed by atoms with Crippen LogP contribution in [0.3, 0.4) is 0 Å². The van der Waals surface area contributed by atoms with Crippen molar-refractivity contribution < 1.29 is 4.79 Å². The standard InChI is InChI=1S/C11H13BrN2O/c1-7(5-13)14-6-8-3-2-4-9(12)10(8)11(14)15/h2-4,7H,5-6,13H2,1H3. The maximum atomic E-state index is 12.1. The third-order valence-corrected chi connectivity index (χ3v) is 3.45. The van der Waals surface area contributed by atoms with E-state index in [4.69, 9.17) is 5.73 Å². The lowest BCUT2D eigenvalue weighted by Crippen LogP contribution is -2.38. The number of amides is 1. The number of benzene rings is 1. The molecule has 0 fully saturated rings. The van der Waals surface area contributed by atoms with Gasteiger partial charge < -0.3 is 10.6 Å². The summed E-state index contributed by atoms with van der Waals surface area (Å²) in [6.45, 7) is 3.14. The van der Waals surface area contributed by atoms with E-state index in [9.17, 15) is 4.79 Å². The smallest absolute Gasteiger partial charge is 0.255 e.